The van der Waals surface area contributed by atoms with Crippen molar-refractivity contribution in [1.29, 1.82) is 0 Å². The molecule has 0 heterocycles. The summed E-state index contributed by atoms with van der Waals surface area (Å²) in [6.07, 6.45) is 2.78. The zero-order valence-corrected chi connectivity index (χ0v) is 26.8. The third kappa shape index (κ3) is 9.19. The summed E-state index contributed by atoms with van der Waals surface area (Å²) in [6, 6.07) is 14.6. The molecule has 2 aromatic rings. The molecule has 46 heavy (non-hydrogen) atoms. The van der Waals surface area contributed by atoms with Crippen molar-refractivity contribution in [1.82, 2.24) is 0 Å². The smallest absolute Gasteiger partial charge is 0.401 e. The fourth-order valence-corrected chi connectivity index (χ4v) is 4.66. The normalized spacial score (nSPS) is 16.9. The first-order valence-corrected chi connectivity index (χ1v) is 14.6. The van der Waals surface area contributed by atoms with Crippen LogP contribution in [-0.2, 0) is 32.0 Å². The Bertz CT molecular complexity index is 1610. The van der Waals surface area contributed by atoms with Crippen LogP contribution in [0, 0.1) is 11.2 Å². The number of aliphatic imine (C=N–C) groups is 1. The first-order chi connectivity index (χ1) is 21.7. The Labute approximate surface area is 268 Å². The van der Waals surface area contributed by atoms with Gasteiger partial charge in [0.15, 0.2) is 11.5 Å². The van der Waals surface area contributed by atoms with Gasteiger partial charge in [-0.15, -0.1) is 0 Å². The highest BCUT2D eigenvalue weighted by Crippen LogP contribution is 2.62. The molecular formula is C37H39F4NO4. The van der Waals surface area contributed by atoms with Gasteiger partial charge in [-0.1, -0.05) is 67.3 Å². The van der Waals surface area contributed by atoms with E-state index in [1.807, 2.05) is 37.3 Å². The number of benzene rings is 2. The molecule has 0 bridgehead atoms. The van der Waals surface area contributed by atoms with Gasteiger partial charge in [-0.3, -0.25) is 4.79 Å². The number of hydrogen-bond acceptors (Lipinski definition) is 5. The molecule has 0 spiro atoms. The first-order valence-electron chi connectivity index (χ1n) is 14.6. The summed E-state index contributed by atoms with van der Waals surface area (Å²) in [5.74, 6) is 0.573. The number of ether oxygens (including phenoxy) is 3. The molecule has 0 atom stereocenters. The number of carbonyl (C=O) groups is 1. The number of halogens is 4. The molecule has 0 saturated heterocycles. The molecular weight excluding hydrogens is 598 g/mol. The Morgan fingerprint density at radius 1 is 1.04 bits per heavy atom. The molecule has 0 N–H and O–H groups in total. The number of ketones is 1. The van der Waals surface area contributed by atoms with Crippen LogP contribution in [0.15, 0.2) is 119 Å². The van der Waals surface area contributed by atoms with Crippen molar-refractivity contribution in [2.45, 2.75) is 52.8 Å². The number of hydrogen-bond donors (Lipinski definition) is 0. The summed E-state index contributed by atoms with van der Waals surface area (Å²) in [7, 11) is 2.84. The highest BCUT2D eigenvalue weighted by molar-refractivity contribution is 6.13. The van der Waals surface area contributed by atoms with E-state index >= 15 is 0 Å². The van der Waals surface area contributed by atoms with E-state index in [0.29, 0.717) is 51.8 Å². The van der Waals surface area contributed by atoms with E-state index in [1.165, 1.54) is 26.2 Å². The van der Waals surface area contributed by atoms with Gasteiger partial charge in [0.05, 0.1) is 25.6 Å². The van der Waals surface area contributed by atoms with Crippen molar-refractivity contribution in [3.05, 3.63) is 137 Å². The highest BCUT2D eigenvalue weighted by atomic mass is 19.4. The fraction of sp³-hybridized carbons (Fsp3) is 0.297. The second-order valence-corrected chi connectivity index (χ2v) is 11.0. The lowest BCUT2D eigenvalue weighted by Gasteiger charge is -2.21. The molecule has 0 aliphatic heterocycles. The van der Waals surface area contributed by atoms with Gasteiger partial charge in [-0.25, -0.2) is 9.38 Å². The van der Waals surface area contributed by atoms with E-state index in [-0.39, 0.29) is 30.8 Å². The monoisotopic (exact) mass is 637 g/mol. The topological polar surface area (TPSA) is 57.1 Å². The van der Waals surface area contributed by atoms with Crippen LogP contribution in [0.25, 0.3) is 5.70 Å². The molecule has 1 saturated carbocycles. The lowest BCUT2D eigenvalue weighted by Crippen LogP contribution is -2.27. The van der Waals surface area contributed by atoms with Gasteiger partial charge in [-0.05, 0) is 68.5 Å². The second-order valence-electron chi connectivity index (χ2n) is 11.0. The van der Waals surface area contributed by atoms with Gasteiger partial charge in [0, 0.05) is 18.1 Å². The summed E-state index contributed by atoms with van der Waals surface area (Å²) in [5.41, 5.74) is 2.68. The third-order valence-electron chi connectivity index (χ3n) is 7.27. The van der Waals surface area contributed by atoms with Crippen LogP contribution < -0.4 is 0 Å². The van der Waals surface area contributed by atoms with Crippen LogP contribution in [0.1, 0.15) is 50.3 Å². The van der Waals surface area contributed by atoms with Gasteiger partial charge in [0.1, 0.15) is 29.4 Å². The third-order valence-corrected chi connectivity index (χ3v) is 7.27. The van der Waals surface area contributed by atoms with E-state index in [4.69, 9.17) is 19.2 Å². The Kier molecular flexibility index (Phi) is 12.1. The molecule has 1 fully saturated rings. The largest absolute Gasteiger partial charge is 0.500 e. The summed E-state index contributed by atoms with van der Waals surface area (Å²) >= 11 is 0. The van der Waals surface area contributed by atoms with Crippen LogP contribution in [0.2, 0.25) is 0 Å². The van der Waals surface area contributed by atoms with Gasteiger partial charge in [0.2, 0.25) is 0 Å². The minimum absolute atomic E-state index is 0.0162. The van der Waals surface area contributed by atoms with Crippen LogP contribution in [-0.4, -0.2) is 31.9 Å². The zero-order chi connectivity index (χ0) is 34.1. The van der Waals surface area contributed by atoms with Crippen LogP contribution in [0.5, 0.6) is 0 Å². The van der Waals surface area contributed by atoms with Crippen molar-refractivity contribution >= 4 is 17.2 Å². The van der Waals surface area contributed by atoms with Crippen molar-refractivity contribution in [3.63, 3.8) is 0 Å². The number of methoxy groups -OCH3 is 2. The summed E-state index contributed by atoms with van der Waals surface area (Å²) < 4.78 is 68.6. The highest BCUT2D eigenvalue weighted by Gasteiger charge is 2.66. The van der Waals surface area contributed by atoms with Crippen LogP contribution >= 0.6 is 0 Å². The maximum Gasteiger partial charge on any atom is 0.401 e. The molecule has 244 valence electrons. The van der Waals surface area contributed by atoms with E-state index in [1.54, 1.807) is 44.4 Å². The van der Waals surface area contributed by atoms with Crippen molar-refractivity contribution in [2.75, 3.05) is 14.2 Å². The standard InChI is InChI=1S/C27H26FNO3.C10H13F3O/c1-5-24(22-12-11-21(14-19(3)30)23(28)15-22)29-25-16-27(26(31-4)13-18(25)2)32-17-20-9-7-6-8-10-20;1-7(2)6-8(14-3)9(4-5-9)10(11,12)13/h5-13,15-16H,2,14,17H2,1,3-4H3;6H,1,4-5H2,2-3H3/b24-5-,29-25?;8-6-. The molecule has 5 nitrogen and oxygen atoms in total. The Hall–Kier alpha value is -4.66. The molecule has 0 unspecified atom stereocenters. The molecule has 0 amide bonds. The number of rotatable bonds is 11. The average Bonchev–Trinajstić information content (AvgIpc) is 3.83. The lowest BCUT2D eigenvalue weighted by atomic mass is 10.0. The molecule has 0 aromatic heterocycles. The van der Waals surface area contributed by atoms with Gasteiger partial charge < -0.3 is 14.2 Å². The van der Waals surface area contributed by atoms with E-state index < -0.39 is 17.4 Å². The minimum Gasteiger partial charge on any atom is -0.500 e. The molecule has 2 aliphatic rings. The maximum absolute atomic E-state index is 14.5. The van der Waals surface area contributed by atoms with E-state index in [2.05, 4.69) is 13.2 Å². The number of allylic oxidation sites excluding steroid dienone is 7. The summed E-state index contributed by atoms with van der Waals surface area (Å²) in [6.45, 7) is 12.9. The number of alkyl halides is 3. The van der Waals surface area contributed by atoms with E-state index in [9.17, 15) is 22.4 Å². The molecule has 2 aliphatic carbocycles. The Morgan fingerprint density at radius 2 is 1.72 bits per heavy atom. The lowest BCUT2D eigenvalue weighted by molar-refractivity contribution is -0.184. The molecule has 0 radical (unpaired) electrons. The van der Waals surface area contributed by atoms with Gasteiger partial charge in [0.25, 0.3) is 0 Å². The van der Waals surface area contributed by atoms with Crippen LogP contribution in [0.3, 0.4) is 0 Å². The van der Waals surface area contributed by atoms with Gasteiger partial charge in [-0.2, -0.15) is 13.2 Å². The van der Waals surface area contributed by atoms with Crippen molar-refractivity contribution in [2.24, 2.45) is 10.4 Å². The quantitative estimate of drug-likeness (QED) is 0.140. The number of carbonyl (C=O) groups excluding carboxylic acids is 1. The first kappa shape index (κ1) is 35.8. The Morgan fingerprint density at radius 3 is 2.22 bits per heavy atom. The molecule has 4 rings (SSSR count). The van der Waals surface area contributed by atoms with Crippen molar-refractivity contribution < 1.29 is 36.6 Å². The average molecular weight is 638 g/mol. The predicted octanol–water partition coefficient (Wildman–Crippen LogP) is 9.40. The number of Topliss-reactive ketones (excluding diaryl/α,β-unsaturated/α-hetero) is 1. The molecule has 9 heteroatoms. The van der Waals surface area contributed by atoms with Crippen molar-refractivity contribution in [3.8, 4) is 0 Å². The fourth-order valence-electron chi connectivity index (χ4n) is 4.66. The molecule has 2 aromatic carbocycles. The summed E-state index contributed by atoms with van der Waals surface area (Å²) in [4.78, 5) is 16.0. The van der Waals surface area contributed by atoms with Gasteiger partial charge >= 0.3 is 6.18 Å². The second kappa shape index (κ2) is 15.6. The minimum atomic E-state index is -4.22. The van der Waals surface area contributed by atoms with E-state index in [0.717, 1.165) is 5.56 Å². The maximum atomic E-state index is 14.5. The summed E-state index contributed by atoms with van der Waals surface area (Å²) in [5, 5.41) is 0. The van der Waals surface area contributed by atoms with Crippen LogP contribution in [0.4, 0.5) is 17.6 Å². The SMILES string of the molecule is C=C(C)/C=C(\OC)C1(C(F)(F)F)CC1.C=C1C=C(OC)C(OCc2ccccc2)=CC1=N/C(=C\C)c1ccc(CC(C)=O)c(F)c1. The predicted molar refractivity (Wildman–Crippen MR) is 173 cm³/mol. The number of nitrogens with zero attached hydrogens (tertiary/aromatic N) is 1. The Balaban J connectivity index is 0.000000344. The zero-order valence-electron chi connectivity index (χ0n) is 26.8.